The quantitative estimate of drug-likeness (QED) is 0.716. The first-order chi connectivity index (χ1) is 10.4. The van der Waals surface area contributed by atoms with Crippen LogP contribution in [-0.2, 0) is 10.0 Å². The summed E-state index contributed by atoms with van der Waals surface area (Å²) in [6.45, 7) is -0.709. The predicted octanol–water partition coefficient (Wildman–Crippen LogP) is 0.949. The van der Waals surface area contributed by atoms with Gasteiger partial charge in [-0.05, 0) is 18.2 Å². The average Bonchev–Trinajstić information content (AvgIpc) is 2.91. The van der Waals surface area contributed by atoms with Crippen LogP contribution in [0.4, 0.5) is 5.69 Å². The molecular formula is C12H12ClN3O5S. The number of hydrogen-bond acceptors (Lipinski definition) is 5. The van der Waals surface area contributed by atoms with Crippen LogP contribution < -0.4 is 4.31 Å². The maximum Gasteiger partial charge on any atom is 0.335 e. The molecule has 118 valence electrons. The van der Waals surface area contributed by atoms with Gasteiger partial charge >= 0.3 is 5.97 Å². The number of nitrogens with zero attached hydrogens (tertiary/aromatic N) is 2. The molecule has 0 unspecified atom stereocenters. The number of carbonyl (C=O) groups is 1. The maximum atomic E-state index is 12.6. The topological polar surface area (TPSA) is 124 Å². The van der Waals surface area contributed by atoms with E-state index in [2.05, 4.69) is 10.2 Å². The van der Waals surface area contributed by atoms with Gasteiger partial charge in [0.1, 0.15) is 10.0 Å². The van der Waals surface area contributed by atoms with Crippen molar-refractivity contribution in [2.75, 3.05) is 17.5 Å². The fourth-order valence-electron chi connectivity index (χ4n) is 1.83. The fraction of sp³-hybridized carbons (Fsp3) is 0.167. The minimum atomic E-state index is -4.09. The van der Waals surface area contributed by atoms with E-state index in [0.717, 1.165) is 10.5 Å². The molecule has 0 aliphatic rings. The number of hydrogen-bond donors (Lipinski definition) is 3. The van der Waals surface area contributed by atoms with Gasteiger partial charge in [0.15, 0.2) is 0 Å². The van der Waals surface area contributed by atoms with Crippen molar-refractivity contribution >= 4 is 33.3 Å². The lowest BCUT2D eigenvalue weighted by molar-refractivity contribution is 0.0697. The number of aromatic amines is 1. The van der Waals surface area contributed by atoms with Crippen molar-refractivity contribution < 1.29 is 23.4 Å². The molecule has 0 amide bonds. The van der Waals surface area contributed by atoms with E-state index in [9.17, 15) is 13.2 Å². The first-order valence-electron chi connectivity index (χ1n) is 6.03. The lowest BCUT2D eigenvalue weighted by Crippen LogP contribution is -2.33. The number of nitrogens with one attached hydrogen (secondary N) is 1. The van der Waals surface area contributed by atoms with Crippen molar-refractivity contribution in [1.29, 1.82) is 0 Å². The molecule has 0 aliphatic heterocycles. The Balaban J connectivity index is 2.53. The van der Waals surface area contributed by atoms with Crippen LogP contribution in [0.5, 0.6) is 0 Å². The Labute approximate surface area is 131 Å². The number of H-pyrrole nitrogens is 1. The highest BCUT2D eigenvalue weighted by Gasteiger charge is 2.28. The third kappa shape index (κ3) is 3.06. The van der Waals surface area contributed by atoms with Crippen LogP contribution >= 0.6 is 11.6 Å². The molecule has 0 bridgehead atoms. The Morgan fingerprint density at radius 3 is 2.68 bits per heavy atom. The van der Waals surface area contributed by atoms with Crippen molar-refractivity contribution in [3.63, 3.8) is 0 Å². The maximum absolute atomic E-state index is 12.6. The monoisotopic (exact) mass is 345 g/mol. The van der Waals surface area contributed by atoms with E-state index in [4.69, 9.17) is 21.8 Å². The molecule has 0 aliphatic carbocycles. The van der Waals surface area contributed by atoms with Crippen LogP contribution in [0, 0.1) is 0 Å². The Hall–Kier alpha value is -2.10. The lowest BCUT2D eigenvalue weighted by Gasteiger charge is -2.23. The van der Waals surface area contributed by atoms with Gasteiger partial charge in [0, 0.05) is 0 Å². The van der Waals surface area contributed by atoms with E-state index in [1.54, 1.807) is 0 Å². The van der Waals surface area contributed by atoms with Crippen molar-refractivity contribution in [2.45, 2.75) is 4.90 Å². The predicted molar refractivity (Wildman–Crippen MR) is 78.6 cm³/mol. The second-order valence-electron chi connectivity index (χ2n) is 4.20. The van der Waals surface area contributed by atoms with Crippen LogP contribution in [0.1, 0.15) is 10.4 Å². The number of aliphatic hydroxyl groups is 1. The molecule has 0 fully saturated rings. The Kier molecular flexibility index (Phi) is 4.69. The molecular weight excluding hydrogens is 334 g/mol. The van der Waals surface area contributed by atoms with Gasteiger partial charge in [0.2, 0.25) is 0 Å². The normalized spacial score (nSPS) is 11.4. The first kappa shape index (κ1) is 16.3. The summed E-state index contributed by atoms with van der Waals surface area (Å²) >= 11 is 5.76. The van der Waals surface area contributed by atoms with Crippen LogP contribution in [0.2, 0.25) is 5.15 Å². The third-order valence-electron chi connectivity index (χ3n) is 2.81. The highest BCUT2D eigenvalue weighted by molar-refractivity contribution is 7.93. The minimum absolute atomic E-state index is 0.0751. The zero-order valence-corrected chi connectivity index (χ0v) is 12.7. The minimum Gasteiger partial charge on any atom is -0.478 e. The number of benzene rings is 1. The third-order valence-corrected chi connectivity index (χ3v) is 5.05. The second kappa shape index (κ2) is 6.34. The van der Waals surface area contributed by atoms with Gasteiger partial charge < -0.3 is 10.2 Å². The molecule has 0 radical (unpaired) electrons. The van der Waals surface area contributed by atoms with Crippen molar-refractivity contribution in [2.24, 2.45) is 0 Å². The van der Waals surface area contributed by atoms with Gasteiger partial charge in [-0.15, -0.1) is 0 Å². The zero-order valence-electron chi connectivity index (χ0n) is 11.1. The number of aromatic nitrogens is 2. The van der Waals surface area contributed by atoms with Crippen LogP contribution in [0.15, 0.2) is 35.4 Å². The van der Waals surface area contributed by atoms with Gasteiger partial charge in [-0.1, -0.05) is 17.7 Å². The molecule has 10 heteroatoms. The van der Waals surface area contributed by atoms with Gasteiger partial charge in [-0.25, -0.2) is 13.2 Å². The van der Waals surface area contributed by atoms with E-state index in [1.807, 2.05) is 0 Å². The number of anilines is 1. The zero-order chi connectivity index (χ0) is 16.3. The molecule has 0 saturated carbocycles. The Morgan fingerprint density at radius 1 is 1.41 bits per heavy atom. The number of aromatic carboxylic acids is 1. The number of carboxylic acid groups (broad SMARTS) is 1. The summed E-state index contributed by atoms with van der Waals surface area (Å²) < 4.78 is 26.1. The second-order valence-corrected chi connectivity index (χ2v) is 6.41. The molecule has 3 N–H and O–H groups in total. The SMILES string of the molecule is O=C(O)c1cccc(N(CCO)S(=O)(=O)c2cn[nH]c2Cl)c1. The molecule has 1 aromatic carbocycles. The van der Waals surface area contributed by atoms with Crippen LogP contribution in [0.25, 0.3) is 0 Å². The summed E-state index contributed by atoms with van der Waals surface area (Å²) in [5, 5.41) is 23.8. The number of sulfonamides is 1. The van der Waals surface area contributed by atoms with E-state index in [1.165, 1.54) is 24.3 Å². The van der Waals surface area contributed by atoms with Crippen LogP contribution in [-0.4, -0.2) is 47.9 Å². The molecule has 2 aromatic rings. The van der Waals surface area contributed by atoms with E-state index >= 15 is 0 Å². The Bertz CT molecular complexity index is 790. The lowest BCUT2D eigenvalue weighted by atomic mass is 10.2. The number of halogens is 1. The number of rotatable bonds is 6. The molecule has 2 rings (SSSR count). The van der Waals surface area contributed by atoms with Crippen molar-refractivity contribution in [3.05, 3.63) is 41.2 Å². The van der Waals surface area contributed by atoms with Gasteiger partial charge in [-0.2, -0.15) is 5.10 Å². The average molecular weight is 346 g/mol. The van der Waals surface area contributed by atoms with Crippen molar-refractivity contribution in [1.82, 2.24) is 10.2 Å². The number of aliphatic hydroxyl groups excluding tert-OH is 1. The molecule has 0 saturated heterocycles. The number of carboxylic acids is 1. The molecule has 0 spiro atoms. The van der Waals surface area contributed by atoms with E-state index in [-0.39, 0.29) is 27.8 Å². The summed E-state index contributed by atoms with van der Waals surface area (Å²) in [6, 6.07) is 5.37. The molecule has 1 aromatic heterocycles. The van der Waals surface area contributed by atoms with Gasteiger partial charge in [0.05, 0.1) is 30.6 Å². The Morgan fingerprint density at radius 2 is 2.14 bits per heavy atom. The molecule has 1 heterocycles. The summed E-state index contributed by atoms with van der Waals surface area (Å²) in [5.41, 5.74) is 0.0279. The molecule has 0 atom stereocenters. The van der Waals surface area contributed by atoms with Gasteiger partial charge in [-0.3, -0.25) is 9.40 Å². The molecule has 22 heavy (non-hydrogen) atoms. The fourth-order valence-corrected chi connectivity index (χ4v) is 3.63. The summed E-state index contributed by atoms with van der Waals surface area (Å²) in [6.07, 6.45) is 1.04. The summed E-state index contributed by atoms with van der Waals surface area (Å²) in [5.74, 6) is -1.19. The highest BCUT2D eigenvalue weighted by atomic mass is 35.5. The highest BCUT2D eigenvalue weighted by Crippen LogP contribution is 2.27. The van der Waals surface area contributed by atoms with E-state index < -0.39 is 22.6 Å². The largest absolute Gasteiger partial charge is 0.478 e. The smallest absolute Gasteiger partial charge is 0.335 e. The molecule has 8 nitrogen and oxygen atoms in total. The van der Waals surface area contributed by atoms with Gasteiger partial charge in [0.25, 0.3) is 10.0 Å². The first-order valence-corrected chi connectivity index (χ1v) is 7.85. The van der Waals surface area contributed by atoms with Crippen LogP contribution in [0.3, 0.4) is 0 Å². The standard InChI is InChI=1S/C12H12ClN3O5S/c13-11-10(7-14-15-11)22(20,21)16(4-5-17)9-3-1-2-8(6-9)12(18)19/h1-3,6-7,17H,4-5H2,(H,14,15)(H,18,19). The van der Waals surface area contributed by atoms with Crippen molar-refractivity contribution in [3.8, 4) is 0 Å². The summed E-state index contributed by atoms with van der Waals surface area (Å²) in [4.78, 5) is 10.8. The summed E-state index contributed by atoms with van der Waals surface area (Å²) in [7, 11) is -4.09. The van der Waals surface area contributed by atoms with E-state index in [0.29, 0.717) is 0 Å².